The molecule has 1 aromatic heterocycles. The van der Waals surface area contributed by atoms with Crippen LogP contribution < -0.4 is 5.56 Å². The van der Waals surface area contributed by atoms with E-state index in [1.165, 1.54) is 0 Å². The average Bonchev–Trinajstić information content (AvgIpc) is 2.34. The number of nitrogens with one attached hydrogen (secondary N) is 1. The number of H-pyrrole nitrogens is 1. The van der Waals surface area contributed by atoms with Gasteiger partial charge in [0.05, 0.1) is 5.56 Å². The van der Waals surface area contributed by atoms with Crippen LogP contribution in [0.2, 0.25) is 0 Å². The molecule has 2 rings (SSSR count). The van der Waals surface area contributed by atoms with Gasteiger partial charge in [-0.25, -0.2) is 9.98 Å². The molecule has 4 heteroatoms. The maximum absolute atomic E-state index is 11.2. The molecule has 0 fully saturated rings. The molecule has 0 atom stereocenters. The van der Waals surface area contributed by atoms with Crippen LogP contribution in [0.5, 0.6) is 0 Å². The van der Waals surface area contributed by atoms with E-state index in [9.17, 15) is 4.79 Å². The predicted octanol–water partition coefficient (Wildman–Crippen LogP) is 0.337. The highest BCUT2D eigenvalue weighted by molar-refractivity contribution is 5.73. The van der Waals surface area contributed by atoms with Gasteiger partial charge >= 0.3 is 0 Å². The third-order valence-corrected chi connectivity index (χ3v) is 1.62. The summed E-state index contributed by atoms with van der Waals surface area (Å²) in [5.41, 5.74) is 0.612. The molecule has 0 aromatic carbocycles. The van der Waals surface area contributed by atoms with Crippen molar-refractivity contribution in [3.05, 3.63) is 21.7 Å². The van der Waals surface area contributed by atoms with E-state index in [1.54, 1.807) is 13.1 Å². The fraction of sp³-hybridized carbons (Fsp3) is 0.286. The normalized spacial score (nSPS) is 13.5. The smallest absolute Gasteiger partial charge is 0.256 e. The van der Waals surface area contributed by atoms with Crippen LogP contribution in [0.1, 0.15) is 11.4 Å². The number of aryl methyl sites for hydroxylation is 1. The van der Waals surface area contributed by atoms with Crippen LogP contribution in [-0.4, -0.2) is 16.2 Å². The topological polar surface area (TPSA) is 58.1 Å². The Labute approximate surface area is 63.0 Å². The number of hydrogen-bond acceptors (Lipinski definition) is 3. The van der Waals surface area contributed by atoms with Gasteiger partial charge in [-0.3, -0.25) is 4.79 Å². The quantitative estimate of drug-likeness (QED) is 0.578. The highest BCUT2D eigenvalue weighted by atomic mass is 16.1. The van der Waals surface area contributed by atoms with E-state index < -0.39 is 0 Å². The van der Waals surface area contributed by atoms with Crippen LogP contribution in [0, 0.1) is 6.92 Å². The van der Waals surface area contributed by atoms with Gasteiger partial charge in [0.1, 0.15) is 5.82 Å². The fourth-order valence-corrected chi connectivity index (χ4v) is 1.11. The Hall–Kier alpha value is -1.45. The summed E-state index contributed by atoms with van der Waals surface area (Å²) in [6.07, 6.45) is 2.31. The molecule has 0 bridgehead atoms. The fourth-order valence-electron chi connectivity index (χ4n) is 1.11. The number of rotatable bonds is 0. The lowest BCUT2D eigenvalue weighted by atomic mass is 10.2. The molecule has 0 unspecified atom stereocenters. The highest BCUT2D eigenvalue weighted by Crippen LogP contribution is 2.15. The van der Waals surface area contributed by atoms with Crippen molar-refractivity contribution in [1.29, 1.82) is 0 Å². The third kappa shape index (κ3) is 0.869. The molecule has 0 aliphatic carbocycles. The van der Waals surface area contributed by atoms with Gasteiger partial charge in [-0.05, 0) is 6.92 Å². The van der Waals surface area contributed by atoms with Crippen molar-refractivity contribution in [3.63, 3.8) is 0 Å². The first kappa shape index (κ1) is 6.27. The lowest BCUT2D eigenvalue weighted by molar-refractivity contribution is 0.995. The lowest BCUT2D eigenvalue weighted by Gasteiger charge is -1.95. The molecule has 1 aliphatic heterocycles. The lowest BCUT2D eigenvalue weighted by Crippen LogP contribution is -2.13. The summed E-state index contributed by atoms with van der Waals surface area (Å²) < 4.78 is 0. The first-order valence-electron chi connectivity index (χ1n) is 3.39. The summed E-state index contributed by atoms with van der Waals surface area (Å²) in [5, 5.41) is 0. The Balaban J connectivity index is 2.76. The predicted molar refractivity (Wildman–Crippen MR) is 41.5 cm³/mol. The van der Waals surface area contributed by atoms with E-state index >= 15 is 0 Å². The molecule has 1 aromatic rings. The molecule has 0 amide bonds. The molecule has 4 nitrogen and oxygen atoms in total. The molecular formula is C7H7N3O. The summed E-state index contributed by atoms with van der Waals surface area (Å²) in [6, 6.07) is 0. The van der Waals surface area contributed by atoms with Gasteiger partial charge < -0.3 is 4.98 Å². The molecule has 0 saturated carbocycles. The minimum atomic E-state index is -0.0648. The van der Waals surface area contributed by atoms with Gasteiger partial charge in [0.25, 0.3) is 5.56 Å². The SMILES string of the molecule is Cc1nc2c(c(=O)[nH]1)CC=N2. The molecule has 2 heterocycles. The minimum absolute atomic E-state index is 0.0648. The molecule has 0 radical (unpaired) electrons. The minimum Gasteiger partial charge on any atom is -0.310 e. The molecule has 1 N–H and O–H groups in total. The van der Waals surface area contributed by atoms with Crippen molar-refractivity contribution in [3.8, 4) is 0 Å². The Morgan fingerprint density at radius 2 is 2.45 bits per heavy atom. The van der Waals surface area contributed by atoms with Gasteiger partial charge in [-0.1, -0.05) is 0 Å². The standard InChI is InChI=1S/C7H7N3O/c1-4-9-6-5(2-3-8-6)7(11)10-4/h3H,2H2,1H3,(H,9,10,11). The number of hydrogen-bond donors (Lipinski definition) is 1. The highest BCUT2D eigenvalue weighted by Gasteiger charge is 2.11. The summed E-state index contributed by atoms with van der Waals surface area (Å²) in [6.45, 7) is 1.75. The number of fused-ring (bicyclic) bond motifs is 1. The summed E-state index contributed by atoms with van der Waals surface area (Å²) >= 11 is 0. The second-order valence-electron chi connectivity index (χ2n) is 2.47. The molecule has 1 aliphatic rings. The van der Waals surface area contributed by atoms with Crippen LogP contribution in [0.15, 0.2) is 9.79 Å². The third-order valence-electron chi connectivity index (χ3n) is 1.62. The maximum atomic E-state index is 11.2. The van der Waals surface area contributed by atoms with Crippen LogP contribution in [0.25, 0.3) is 0 Å². The largest absolute Gasteiger partial charge is 0.310 e. The van der Waals surface area contributed by atoms with E-state index in [0.717, 1.165) is 0 Å². The zero-order valence-corrected chi connectivity index (χ0v) is 6.09. The summed E-state index contributed by atoms with van der Waals surface area (Å²) in [7, 11) is 0. The maximum Gasteiger partial charge on any atom is 0.256 e. The zero-order valence-electron chi connectivity index (χ0n) is 6.09. The van der Waals surface area contributed by atoms with Crippen molar-refractivity contribution in [2.24, 2.45) is 4.99 Å². The average molecular weight is 149 g/mol. The van der Waals surface area contributed by atoms with Crippen molar-refractivity contribution >= 4 is 12.0 Å². The zero-order chi connectivity index (χ0) is 7.84. The van der Waals surface area contributed by atoms with Crippen LogP contribution in [-0.2, 0) is 6.42 Å². The second-order valence-corrected chi connectivity index (χ2v) is 2.47. The van der Waals surface area contributed by atoms with Crippen LogP contribution >= 0.6 is 0 Å². The number of aromatic amines is 1. The first-order chi connectivity index (χ1) is 5.27. The van der Waals surface area contributed by atoms with E-state index in [4.69, 9.17) is 0 Å². The van der Waals surface area contributed by atoms with Gasteiger partial charge in [0, 0.05) is 12.6 Å². The summed E-state index contributed by atoms with van der Waals surface area (Å²) in [4.78, 5) is 21.8. The van der Waals surface area contributed by atoms with Gasteiger partial charge in [0.2, 0.25) is 0 Å². The Morgan fingerprint density at radius 3 is 3.27 bits per heavy atom. The number of nitrogens with zero attached hydrogens (tertiary/aromatic N) is 2. The van der Waals surface area contributed by atoms with Gasteiger partial charge in [-0.2, -0.15) is 0 Å². The Bertz CT molecular complexity index is 378. The molecule has 11 heavy (non-hydrogen) atoms. The molecule has 56 valence electrons. The first-order valence-corrected chi connectivity index (χ1v) is 3.39. The van der Waals surface area contributed by atoms with Crippen molar-refractivity contribution in [2.75, 3.05) is 0 Å². The van der Waals surface area contributed by atoms with Crippen molar-refractivity contribution in [2.45, 2.75) is 13.3 Å². The van der Waals surface area contributed by atoms with E-state index in [2.05, 4.69) is 15.0 Å². The van der Waals surface area contributed by atoms with E-state index in [1.807, 2.05) is 0 Å². The monoisotopic (exact) mass is 149 g/mol. The van der Waals surface area contributed by atoms with E-state index in [-0.39, 0.29) is 5.56 Å². The van der Waals surface area contributed by atoms with Gasteiger partial charge in [-0.15, -0.1) is 0 Å². The number of aromatic nitrogens is 2. The van der Waals surface area contributed by atoms with Crippen molar-refractivity contribution in [1.82, 2.24) is 9.97 Å². The van der Waals surface area contributed by atoms with Crippen molar-refractivity contribution < 1.29 is 0 Å². The Kier molecular flexibility index (Phi) is 1.15. The second kappa shape index (κ2) is 2.02. The van der Waals surface area contributed by atoms with Crippen LogP contribution in [0.4, 0.5) is 5.82 Å². The van der Waals surface area contributed by atoms with E-state index in [0.29, 0.717) is 23.6 Å². The Morgan fingerprint density at radius 1 is 1.64 bits per heavy atom. The molecule has 0 spiro atoms. The number of aliphatic imine (C=N–C) groups is 1. The molecule has 0 saturated heterocycles. The molecular weight excluding hydrogens is 142 g/mol. The van der Waals surface area contributed by atoms with Crippen LogP contribution in [0.3, 0.4) is 0 Å². The van der Waals surface area contributed by atoms with Gasteiger partial charge in [0.15, 0.2) is 5.82 Å². The summed E-state index contributed by atoms with van der Waals surface area (Å²) in [5.74, 6) is 1.19.